The van der Waals surface area contributed by atoms with Crippen LogP contribution in [0.2, 0.25) is 0 Å². The van der Waals surface area contributed by atoms with Crippen LogP contribution < -0.4 is 21.7 Å². The molecule has 0 saturated carbocycles. The largest absolute Gasteiger partial charge is 0.385 e. The van der Waals surface area contributed by atoms with Crippen molar-refractivity contribution in [3.63, 3.8) is 0 Å². The average Bonchev–Trinajstić information content (AvgIpc) is 2.63. The van der Waals surface area contributed by atoms with E-state index in [9.17, 15) is 4.79 Å². The molecule has 0 spiro atoms. The first kappa shape index (κ1) is 23.3. The van der Waals surface area contributed by atoms with Crippen LogP contribution in [0, 0.1) is 11.3 Å². The number of fused-ring (bicyclic) bond motifs is 2. The average molecular weight is 432 g/mol. The highest BCUT2D eigenvalue weighted by atomic mass is 16.2. The van der Waals surface area contributed by atoms with E-state index in [2.05, 4.69) is 59.8 Å². The highest BCUT2D eigenvalue weighted by Crippen LogP contribution is 2.33. The Bertz CT molecular complexity index is 857. The lowest BCUT2D eigenvalue weighted by atomic mass is 9.90. The lowest BCUT2D eigenvalue weighted by Crippen LogP contribution is -2.70. The van der Waals surface area contributed by atoms with Crippen LogP contribution in [0.3, 0.4) is 0 Å². The van der Waals surface area contributed by atoms with E-state index in [1.165, 1.54) is 0 Å². The van der Waals surface area contributed by atoms with Gasteiger partial charge in [-0.2, -0.15) is 9.97 Å². The quantitative estimate of drug-likeness (QED) is 0.344. The van der Waals surface area contributed by atoms with Crippen LogP contribution in [0.25, 0.3) is 0 Å². The van der Waals surface area contributed by atoms with E-state index < -0.39 is 11.1 Å². The summed E-state index contributed by atoms with van der Waals surface area (Å²) in [6, 6.07) is 0.157. The summed E-state index contributed by atoms with van der Waals surface area (Å²) >= 11 is 0. The molecule has 0 radical (unpaired) electrons. The predicted molar refractivity (Wildman–Crippen MR) is 121 cm³/mol. The molecule has 1 saturated heterocycles. The van der Waals surface area contributed by atoms with E-state index in [0.717, 1.165) is 6.42 Å². The molecule has 172 valence electrons. The monoisotopic (exact) mass is 431 g/mol. The van der Waals surface area contributed by atoms with Crippen LogP contribution in [0.15, 0.2) is 0 Å². The van der Waals surface area contributed by atoms with Crippen molar-refractivity contribution >= 4 is 17.7 Å². The number of nitrogens with two attached hydrogens (primary N) is 2. The van der Waals surface area contributed by atoms with Crippen LogP contribution >= 0.6 is 0 Å². The predicted octanol–water partition coefficient (Wildman–Crippen LogP) is 0.553. The number of hydrogen-bond donors (Lipinski definition) is 4. The summed E-state index contributed by atoms with van der Waals surface area (Å²) in [5, 5.41) is 11.2. The molecule has 3 aliphatic rings. The third kappa shape index (κ3) is 4.23. The van der Waals surface area contributed by atoms with Crippen LogP contribution in [-0.4, -0.2) is 68.3 Å². The first-order chi connectivity index (χ1) is 14.2. The molecule has 4 rings (SSSR count). The Kier molecular flexibility index (Phi) is 5.77. The Labute approximate surface area is 184 Å². The number of piperazine rings is 1. The number of amides is 1. The molecule has 10 nitrogen and oxygen atoms in total. The number of aromatic nitrogens is 3. The zero-order valence-corrected chi connectivity index (χ0v) is 19.8. The molecule has 1 fully saturated rings. The topological polar surface area (TPSA) is 150 Å². The minimum Gasteiger partial charge on any atom is -0.385 e. The smallest absolute Gasteiger partial charge is 0.242 e. The molecule has 1 atom stereocenters. The van der Waals surface area contributed by atoms with Crippen molar-refractivity contribution in [1.82, 2.24) is 25.2 Å². The molecule has 10 heteroatoms. The third-order valence-electron chi connectivity index (χ3n) is 6.03. The van der Waals surface area contributed by atoms with Gasteiger partial charge in [-0.05, 0) is 47.0 Å². The lowest BCUT2D eigenvalue weighted by molar-refractivity contribution is -0.143. The van der Waals surface area contributed by atoms with E-state index >= 15 is 0 Å². The second-order valence-corrected chi connectivity index (χ2v) is 10.5. The van der Waals surface area contributed by atoms with Gasteiger partial charge in [0.05, 0.1) is 5.54 Å². The van der Waals surface area contributed by atoms with Gasteiger partial charge in [-0.15, -0.1) is 0 Å². The Hall–Kier alpha value is -2.33. The number of hydrogen-bond acceptors (Lipinski definition) is 8. The first-order valence-electron chi connectivity index (χ1n) is 10.9. The van der Waals surface area contributed by atoms with E-state index in [1.807, 2.05) is 18.7 Å². The molecule has 0 aromatic carbocycles. The highest BCUT2D eigenvalue weighted by molar-refractivity contribution is 5.92. The zero-order chi connectivity index (χ0) is 23.4. The molecule has 4 heterocycles. The molecule has 31 heavy (non-hydrogen) atoms. The number of rotatable bonds is 8. The van der Waals surface area contributed by atoms with Crippen LogP contribution in [0.1, 0.15) is 66.5 Å². The minimum atomic E-state index is -1.28. The number of anilines is 1. The van der Waals surface area contributed by atoms with Crippen LogP contribution in [0.4, 0.5) is 5.95 Å². The minimum absolute atomic E-state index is 0.0879. The highest BCUT2D eigenvalue weighted by Gasteiger charge is 2.49. The first-order valence-corrected chi connectivity index (χ1v) is 10.9. The fraction of sp³-hybridized carbons (Fsp3) is 0.762. The number of carbonyl (C=O) groups is 1. The van der Waals surface area contributed by atoms with E-state index in [0.29, 0.717) is 43.1 Å². The van der Waals surface area contributed by atoms with Gasteiger partial charge in [0.2, 0.25) is 11.9 Å². The second kappa shape index (κ2) is 7.67. The zero-order valence-electron chi connectivity index (χ0n) is 19.8. The Morgan fingerprint density at radius 2 is 1.77 bits per heavy atom. The van der Waals surface area contributed by atoms with Crippen molar-refractivity contribution in [1.29, 1.82) is 5.41 Å². The second-order valence-electron chi connectivity index (χ2n) is 10.5. The third-order valence-corrected chi connectivity index (χ3v) is 6.03. The Morgan fingerprint density at radius 3 is 2.29 bits per heavy atom. The molecular weight excluding hydrogens is 394 g/mol. The number of carbonyl (C=O) groups excluding carboxylic acids is 1. The van der Waals surface area contributed by atoms with Gasteiger partial charge in [0.15, 0.2) is 17.2 Å². The SMILES string of the molecule is CC(C)CC(C)N(CCN1CC(C)(C)NC(C)(C)C1=O)c1nc2nc(n1)C2(N)C(=N)N. The maximum Gasteiger partial charge on any atom is 0.242 e. The summed E-state index contributed by atoms with van der Waals surface area (Å²) in [6.07, 6.45) is 0.948. The normalized spacial score (nSPS) is 21.6. The summed E-state index contributed by atoms with van der Waals surface area (Å²) < 4.78 is 0. The van der Waals surface area contributed by atoms with Crippen molar-refractivity contribution in [2.75, 3.05) is 24.5 Å². The van der Waals surface area contributed by atoms with Crippen LogP contribution in [0.5, 0.6) is 0 Å². The molecule has 3 aliphatic heterocycles. The van der Waals surface area contributed by atoms with Crippen molar-refractivity contribution < 1.29 is 4.79 Å². The van der Waals surface area contributed by atoms with Gasteiger partial charge in [-0.1, -0.05) is 13.8 Å². The molecule has 1 amide bonds. The summed E-state index contributed by atoms with van der Waals surface area (Å²) in [6.45, 7) is 16.3. The van der Waals surface area contributed by atoms with Gasteiger partial charge in [0.1, 0.15) is 5.84 Å². The van der Waals surface area contributed by atoms with Gasteiger partial charge < -0.3 is 21.3 Å². The molecule has 2 bridgehead atoms. The fourth-order valence-corrected chi connectivity index (χ4v) is 4.75. The van der Waals surface area contributed by atoms with E-state index in [1.54, 1.807) is 0 Å². The summed E-state index contributed by atoms with van der Waals surface area (Å²) in [5.74, 6) is 1.54. The number of nitrogens with one attached hydrogen (secondary N) is 2. The fourth-order valence-electron chi connectivity index (χ4n) is 4.75. The van der Waals surface area contributed by atoms with Gasteiger partial charge >= 0.3 is 0 Å². The standard InChI is InChI=1S/C21H37N9O/c1-12(2)10-13(3)30(18-26-15-21(24,14(22)23)16(25-15)27-18)9-8-29-11-19(4,5)28-20(6,7)17(29)31/h12-13,28H,8-11,24H2,1-7H3,(H3,22,23). The number of amidine groups is 1. The summed E-state index contributed by atoms with van der Waals surface area (Å²) in [5.41, 5.74) is 9.77. The molecule has 6 N–H and O–H groups in total. The van der Waals surface area contributed by atoms with Crippen molar-refractivity contribution in [2.45, 2.75) is 77.5 Å². The Balaban J connectivity index is 1.83. The molecule has 0 aliphatic carbocycles. The van der Waals surface area contributed by atoms with Crippen molar-refractivity contribution in [2.24, 2.45) is 17.4 Å². The maximum absolute atomic E-state index is 13.0. The van der Waals surface area contributed by atoms with Gasteiger partial charge in [0, 0.05) is 31.2 Å². The van der Waals surface area contributed by atoms with Gasteiger partial charge in [-0.25, -0.2) is 4.98 Å². The van der Waals surface area contributed by atoms with Gasteiger partial charge in [-0.3, -0.25) is 15.5 Å². The van der Waals surface area contributed by atoms with Crippen molar-refractivity contribution in [3.05, 3.63) is 11.6 Å². The van der Waals surface area contributed by atoms with E-state index in [-0.39, 0.29) is 23.3 Å². The van der Waals surface area contributed by atoms with Crippen molar-refractivity contribution in [3.8, 4) is 0 Å². The molecular formula is C21H37N9O. The Morgan fingerprint density at radius 1 is 1.19 bits per heavy atom. The molecule has 1 unspecified atom stereocenters. The number of nitrogens with zero attached hydrogens (tertiary/aromatic N) is 5. The van der Waals surface area contributed by atoms with E-state index in [4.69, 9.17) is 16.9 Å². The lowest BCUT2D eigenvalue weighted by Gasteiger charge is -2.48. The molecule has 1 aromatic heterocycles. The summed E-state index contributed by atoms with van der Waals surface area (Å²) in [7, 11) is 0. The molecule has 1 aromatic rings. The van der Waals surface area contributed by atoms with Gasteiger partial charge in [0.25, 0.3) is 0 Å². The maximum atomic E-state index is 13.0. The van der Waals surface area contributed by atoms with Crippen LogP contribution in [-0.2, 0) is 10.3 Å². The summed E-state index contributed by atoms with van der Waals surface area (Å²) in [4.78, 5) is 30.3.